The van der Waals surface area contributed by atoms with Gasteiger partial charge in [-0.1, -0.05) is 31.4 Å². The zero-order valence-electron chi connectivity index (χ0n) is 11.7. The number of rotatable bonds is 2. The summed E-state index contributed by atoms with van der Waals surface area (Å²) in [5.74, 6) is 0.879. The van der Waals surface area contributed by atoms with E-state index in [1.165, 1.54) is 44.6 Å². The smallest absolute Gasteiger partial charge is 0.177 e. The maximum absolute atomic E-state index is 11.5. The third kappa shape index (κ3) is 2.35. The van der Waals surface area contributed by atoms with Gasteiger partial charge in [-0.05, 0) is 25.0 Å². The Balaban J connectivity index is 1.89. The Hall–Kier alpha value is -1.36. The summed E-state index contributed by atoms with van der Waals surface area (Å²) >= 11 is 0. The summed E-state index contributed by atoms with van der Waals surface area (Å²) in [6.45, 7) is 0.866. The van der Waals surface area contributed by atoms with E-state index in [2.05, 4.69) is 22.0 Å². The van der Waals surface area contributed by atoms with Gasteiger partial charge in [0, 0.05) is 19.0 Å². The Morgan fingerprint density at radius 1 is 1.20 bits per heavy atom. The predicted molar refractivity (Wildman–Crippen MR) is 79.6 cm³/mol. The van der Waals surface area contributed by atoms with Gasteiger partial charge in [0.05, 0.1) is 10.4 Å². The first kappa shape index (κ1) is 13.6. The van der Waals surface area contributed by atoms with Crippen molar-refractivity contribution in [3.63, 3.8) is 0 Å². The molecule has 1 aromatic rings. The fraction of sp³-hybridized carbons (Fsp3) is 0.533. The number of nitrogens with zero attached hydrogens (tertiary/aromatic N) is 2. The van der Waals surface area contributed by atoms with E-state index in [4.69, 9.17) is 0 Å². The second kappa shape index (κ2) is 4.88. The summed E-state index contributed by atoms with van der Waals surface area (Å²) < 4.78 is 23.0. The highest BCUT2D eigenvalue weighted by Crippen LogP contribution is 2.40. The van der Waals surface area contributed by atoms with E-state index in [1.54, 1.807) is 6.07 Å². The molecule has 3 rings (SSSR count). The van der Waals surface area contributed by atoms with Crippen LogP contribution in [0.25, 0.3) is 0 Å². The number of anilines is 1. The number of pyridine rings is 1. The average molecular weight is 292 g/mol. The zero-order valence-corrected chi connectivity index (χ0v) is 12.6. The van der Waals surface area contributed by atoms with E-state index in [1.807, 2.05) is 6.07 Å². The van der Waals surface area contributed by atoms with Crippen molar-refractivity contribution in [2.75, 3.05) is 17.7 Å². The summed E-state index contributed by atoms with van der Waals surface area (Å²) in [6, 6.07) is 3.49. The van der Waals surface area contributed by atoms with Crippen molar-refractivity contribution >= 4 is 15.7 Å². The van der Waals surface area contributed by atoms with Gasteiger partial charge < -0.3 is 4.90 Å². The molecule has 5 heteroatoms. The summed E-state index contributed by atoms with van der Waals surface area (Å²) in [4.78, 5) is 6.98. The standard InChI is InChI=1S/C15H20N2O2S/c1-20(18,19)13-6-7-14(16-12-13)17-11-5-10-15(17)8-3-2-4-9-15/h5-7,10,12H,2-4,8-9,11H2,1H3. The average Bonchev–Trinajstić information content (AvgIpc) is 2.82. The second-order valence-electron chi connectivity index (χ2n) is 5.80. The third-order valence-electron chi connectivity index (χ3n) is 4.40. The van der Waals surface area contributed by atoms with Crippen LogP contribution in [0, 0.1) is 0 Å². The van der Waals surface area contributed by atoms with Crippen molar-refractivity contribution in [2.45, 2.75) is 42.5 Å². The van der Waals surface area contributed by atoms with Crippen LogP contribution in [-0.4, -0.2) is 31.7 Å². The van der Waals surface area contributed by atoms with Gasteiger partial charge in [0.25, 0.3) is 0 Å². The molecular weight excluding hydrogens is 272 g/mol. The van der Waals surface area contributed by atoms with Crippen LogP contribution in [0.5, 0.6) is 0 Å². The number of aromatic nitrogens is 1. The van der Waals surface area contributed by atoms with E-state index in [0.29, 0.717) is 0 Å². The Morgan fingerprint density at radius 2 is 1.95 bits per heavy atom. The van der Waals surface area contributed by atoms with E-state index in [0.717, 1.165) is 12.4 Å². The van der Waals surface area contributed by atoms with Crippen LogP contribution in [0.3, 0.4) is 0 Å². The first-order valence-electron chi connectivity index (χ1n) is 7.13. The van der Waals surface area contributed by atoms with Crippen LogP contribution in [0.1, 0.15) is 32.1 Å². The molecule has 4 nitrogen and oxygen atoms in total. The monoisotopic (exact) mass is 292 g/mol. The molecule has 1 aliphatic carbocycles. The fourth-order valence-corrected chi connectivity index (χ4v) is 3.88. The van der Waals surface area contributed by atoms with Crippen molar-refractivity contribution in [3.05, 3.63) is 30.5 Å². The van der Waals surface area contributed by atoms with Crippen molar-refractivity contribution in [2.24, 2.45) is 0 Å². The molecule has 108 valence electrons. The summed E-state index contributed by atoms with van der Waals surface area (Å²) in [6.07, 6.45) is 13.4. The molecule has 1 aromatic heterocycles. The van der Waals surface area contributed by atoms with E-state index in [-0.39, 0.29) is 10.4 Å². The molecular formula is C15H20N2O2S. The summed E-state index contributed by atoms with van der Waals surface area (Å²) in [5, 5.41) is 0. The largest absolute Gasteiger partial charge is 0.344 e. The molecule has 0 amide bonds. The van der Waals surface area contributed by atoms with Gasteiger partial charge in [0.1, 0.15) is 5.82 Å². The maximum atomic E-state index is 11.5. The topological polar surface area (TPSA) is 50.3 Å². The van der Waals surface area contributed by atoms with Gasteiger partial charge >= 0.3 is 0 Å². The van der Waals surface area contributed by atoms with Crippen LogP contribution >= 0.6 is 0 Å². The molecule has 0 bridgehead atoms. The van der Waals surface area contributed by atoms with Crippen LogP contribution < -0.4 is 4.90 Å². The highest BCUT2D eigenvalue weighted by atomic mass is 32.2. The lowest BCUT2D eigenvalue weighted by molar-refractivity contribution is 0.348. The molecule has 1 aliphatic heterocycles. The number of hydrogen-bond donors (Lipinski definition) is 0. The van der Waals surface area contributed by atoms with Gasteiger partial charge in [-0.2, -0.15) is 0 Å². The van der Waals surface area contributed by atoms with Crippen molar-refractivity contribution in [1.82, 2.24) is 4.98 Å². The van der Waals surface area contributed by atoms with Gasteiger partial charge in [0.2, 0.25) is 0 Å². The van der Waals surface area contributed by atoms with Gasteiger partial charge in [-0.25, -0.2) is 13.4 Å². The molecule has 0 radical (unpaired) electrons. The fourth-order valence-electron chi connectivity index (χ4n) is 3.32. The molecule has 0 unspecified atom stereocenters. The van der Waals surface area contributed by atoms with Crippen molar-refractivity contribution in [1.29, 1.82) is 0 Å². The lowest BCUT2D eigenvalue weighted by Gasteiger charge is -2.41. The van der Waals surface area contributed by atoms with Crippen LogP contribution in [0.15, 0.2) is 35.4 Å². The Labute approximate surface area is 120 Å². The number of hydrogen-bond acceptors (Lipinski definition) is 4. The quantitative estimate of drug-likeness (QED) is 0.786. The molecule has 2 aliphatic rings. The van der Waals surface area contributed by atoms with E-state index in [9.17, 15) is 8.42 Å². The second-order valence-corrected chi connectivity index (χ2v) is 7.82. The minimum atomic E-state index is -3.17. The highest BCUT2D eigenvalue weighted by Gasteiger charge is 2.38. The van der Waals surface area contributed by atoms with Gasteiger partial charge in [-0.15, -0.1) is 0 Å². The summed E-state index contributed by atoms with van der Waals surface area (Å²) in [7, 11) is -3.17. The van der Waals surface area contributed by atoms with E-state index < -0.39 is 9.84 Å². The van der Waals surface area contributed by atoms with Crippen LogP contribution in [0.2, 0.25) is 0 Å². The molecule has 1 spiro atoms. The minimum Gasteiger partial charge on any atom is -0.344 e. The molecule has 1 saturated carbocycles. The molecule has 1 fully saturated rings. The van der Waals surface area contributed by atoms with Crippen molar-refractivity contribution in [3.8, 4) is 0 Å². The normalized spacial score (nSPS) is 21.6. The van der Waals surface area contributed by atoms with E-state index >= 15 is 0 Å². The Morgan fingerprint density at radius 3 is 2.55 bits per heavy atom. The third-order valence-corrected chi connectivity index (χ3v) is 5.50. The van der Waals surface area contributed by atoms with Crippen LogP contribution in [0.4, 0.5) is 5.82 Å². The molecule has 2 heterocycles. The van der Waals surface area contributed by atoms with Gasteiger partial charge in [0.15, 0.2) is 9.84 Å². The predicted octanol–water partition coefficient (Wildman–Crippen LogP) is 2.56. The first-order valence-corrected chi connectivity index (χ1v) is 9.02. The van der Waals surface area contributed by atoms with Crippen LogP contribution in [-0.2, 0) is 9.84 Å². The maximum Gasteiger partial charge on any atom is 0.177 e. The Kier molecular flexibility index (Phi) is 3.32. The minimum absolute atomic E-state index is 0.109. The van der Waals surface area contributed by atoms with Crippen molar-refractivity contribution < 1.29 is 8.42 Å². The highest BCUT2D eigenvalue weighted by molar-refractivity contribution is 7.90. The molecule has 0 saturated heterocycles. The first-order chi connectivity index (χ1) is 9.51. The SMILES string of the molecule is CS(=O)(=O)c1ccc(N2CC=CC23CCCCC3)nc1. The lowest BCUT2D eigenvalue weighted by atomic mass is 9.81. The zero-order chi connectivity index (χ0) is 14.2. The molecule has 0 N–H and O–H groups in total. The lowest BCUT2D eigenvalue weighted by Crippen LogP contribution is -2.46. The molecule has 20 heavy (non-hydrogen) atoms. The Bertz CT molecular complexity index is 614. The number of sulfone groups is 1. The molecule has 0 atom stereocenters. The van der Waals surface area contributed by atoms with Gasteiger partial charge in [-0.3, -0.25) is 0 Å². The molecule has 0 aromatic carbocycles. The summed E-state index contributed by atoms with van der Waals surface area (Å²) in [5.41, 5.74) is 0.109.